The van der Waals surface area contributed by atoms with Crippen molar-refractivity contribution in [2.24, 2.45) is 0 Å². The third-order valence-corrected chi connectivity index (χ3v) is 5.27. The van der Waals surface area contributed by atoms with Crippen molar-refractivity contribution in [2.75, 3.05) is 18.4 Å². The van der Waals surface area contributed by atoms with Gasteiger partial charge >= 0.3 is 6.18 Å². The average Bonchev–Trinajstić information content (AvgIpc) is 3.28. The van der Waals surface area contributed by atoms with E-state index in [1.807, 2.05) is 0 Å². The van der Waals surface area contributed by atoms with Gasteiger partial charge in [0.1, 0.15) is 11.5 Å². The van der Waals surface area contributed by atoms with Crippen LogP contribution in [0.5, 0.6) is 0 Å². The van der Waals surface area contributed by atoms with Gasteiger partial charge in [0.05, 0.1) is 30.0 Å². The molecule has 2 N–H and O–H groups in total. The number of carbonyl (C=O) groups excluding carboxylic acids is 1. The Hall–Kier alpha value is -3.47. The number of aromatic nitrogens is 4. The molecule has 4 rings (SSSR count). The second-order valence-corrected chi connectivity index (χ2v) is 7.50. The van der Waals surface area contributed by atoms with Crippen LogP contribution in [0.15, 0.2) is 48.8 Å². The lowest BCUT2D eigenvalue weighted by Crippen LogP contribution is -2.41. The largest absolute Gasteiger partial charge is 0.416 e. The zero-order valence-corrected chi connectivity index (χ0v) is 17.0. The van der Waals surface area contributed by atoms with Gasteiger partial charge in [-0.15, -0.1) is 5.10 Å². The molecule has 0 bridgehead atoms. The van der Waals surface area contributed by atoms with Gasteiger partial charge < -0.3 is 15.3 Å². The molecule has 8 nitrogen and oxygen atoms in total. The number of halogens is 3. The Morgan fingerprint density at radius 2 is 2.09 bits per heavy atom. The predicted molar refractivity (Wildman–Crippen MR) is 109 cm³/mol. The molecule has 1 aliphatic rings. The summed E-state index contributed by atoms with van der Waals surface area (Å²) >= 11 is 0. The molecule has 0 saturated carbocycles. The standard InChI is InChI=1S/C21H21F3N6O2/c22-21(23,24)14-4-1-5-15(10-14)26-19-18(7-2-8-25-19)20(32)29-9-3-6-17(12-29)30-11-16(13-31)27-28-30/h1-2,4-5,7-8,10-11,17,31H,3,6,9,12-13H2,(H,25,26). The number of carbonyl (C=O) groups is 1. The van der Waals surface area contributed by atoms with Crippen LogP contribution in [-0.2, 0) is 12.8 Å². The van der Waals surface area contributed by atoms with Gasteiger partial charge in [-0.25, -0.2) is 9.67 Å². The van der Waals surface area contributed by atoms with Gasteiger partial charge in [0.15, 0.2) is 0 Å². The molecule has 1 saturated heterocycles. The molecule has 1 fully saturated rings. The average molecular weight is 446 g/mol. The van der Waals surface area contributed by atoms with Gasteiger partial charge in [-0.1, -0.05) is 11.3 Å². The summed E-state index contributed by atoms with van der Waals surface area (Å²) in [5.41, 5.74) is 0.108. The molecule has 3 heterocycles. The van der Waals surface area contributed by atoms with E-state index in [1.165, 1.54) is 18.3 Å². The minimum Gasteiger partial charge on any atom is -0.390 e. The first-order valence-corrected chi connectivity index (χ1v) is 10.1. The van der Waals surface area contributed by atoms with Gasteiger partial charge in [0.2, 0.25) is 0 Å². The fourth-order valence-corrected chi connectivity index (χ4v) is 3.68. The first-order valence-electron chi connectivity index (χ1n) is 10.1. The summed E-state index contributed by atoms with van der Waals surface area (Å²) < 4.78 is 40.7. The molecular weight excluding hydrogens is 425 g/mol. The lowest BCUT2D eigenvalue weighted by molar-refractivity contribution is -0.137. The Labute approximate surface area is 181 Å². The van der Waals surface area contributed by atoms with E-state index in [4.69, 9.17) is 0 Å². The molecule has 1 unspecified atom stereocenters. The number of rotatable bonds is 5. The second kappa shape index (κ2) is 8.95. The van der Waals surface area contributed by atoms with E-state index in [0.29, 0.717) is 18.8 Å². The zero-order chi connectivity index (χ0) is 22.7. The van der Waals surface area contributed by atoms with Crippen LogP contribution in [0, 0.1) is 0 Å². The molecule has 0 aliphatic carbocycles. The van der Waals surface area contributed by atoms with Crippen LogP contribution in [0.4, 0.5) is 24.7 Å². The third-order valence-electron chi connectivity index (χ3n) is 5.27. The molecule has 0 radical (unpaired) electrons. The number of piperidine rings is 1. The minimum absolute atomic E-state index is 0.0861. The summed E-state index contributed by atoms with van der Waals surface area (Å²) in [6.07, 6.45) is 0.211. The topological polar surface area (TPSA) is 96.2 Å². The molecule has 1 aromatic carbocycles. The fourth-order valence-electron chi connectivity index (χ4n) is 3.68. The van der Waals surface area contributed by atoms with Gasteiger partial charge in [0, 0.05) is 25.0 Å². The van der Waals surface area contributed by atoms with Crippen molar-refractivity contribution in [1.29, 1.82) is 0 Å². The van der Waals surface area contributed by atoms with Crippen molar-refractivity contribution in [3.8, 4) is 0 Å². The zero-order valence-electron chi connectivity index (χ0n) is 17.0. The van der Waals surface area contributed by atoms with Crippen LogP contribution in [0.25, 0.3) is 0 Å². The fraction of sp³-hybridized carbons (Fsp3) is 0.333. The highest BCUT2D eigenvalue weighted by Crippen LogP contribution is 2.32. The number of hydrogen-bond acceptors (Lipinski definition) is 6. The molecule has 168 valence electrons. The van der Waals surface area contributed by atoms with Gasteiger partial charge in [0.25, 0.3) is 5.91 Å². The summed E-state index contributed by atoms with van der Waals surface area (Å²) in [5, 5.41) is 20.0. The van der Waals surface area contributed by atoms with E-state index in [-0.39, 0.29) is 35.6 Å². The van der Waals surface area contributed by atoms with E-state index < -0.39 is 11.7 Å². The molecule has 3 aromatic rings. The maximum atomic E-state index is 13.3. The monoisotopic (exact) mass is 446 g/mol. The third kappa shape index (κ3) is 4.72. The molecule has 1 atom stereocenters. The summed E-state index contributed by atoms with van der Waals surface area (Å²) in [4.78, 5) is 19.1. The van der Waals surface area contributed by atoms with Crippen molar-refractivity contribution in [2.45, 2.75) is 31.7 Å². The number of anilines is 2. The lowest BCUT2D eigenvalue weighted by atomic mass is 10.0. The van der Waals surface area contributed by atoms with Gasteiger partial charge in [-0.2, -0.15) is 13.2 Å². The first kappa shape index (κ1) is 21.8. The number of benzene rings is 1. The number of aliphatic hydroxyl groups is 1. The van der Waals surface area contributed by atoms with E-state index in [9.17, 15) is 23.1 Å². The number of aliphatic hydroxyl groups excluding tert-OH is 1. The Morgan fingerprint density at radius 3 is 2.84 bits per heavy atom. The minimum atomic E-state index is -4.47. The first-order chi connectivity index (χ1) is 15.3. The lowest BCUT2D eigenvalue weighted by Gasteiger charge is -2.33. The molecule has 32 heavy (non-hydrogen) atoms. The van der Waals surface area contributed by atoms with Crippen LogP contribution in [0.2, 0.25) is 0 Å². The molecule has 0 spiro atoms. The highest BCUT2D eigenvalue weighted by Gasteiger charge is 2.31. The molecule has 2 aromatic heterocycles. The van der Waals surface area contributed by atoms with Crippen molar-refractivity contribution < 1.29 is 23.1 Å². The number of nitrogens with one attached hydrogen (secondary N) is 1. The number of alkyl halides is 3. The van der Waals surface area contributed by atoms with E-state index in [0.717, 1.165) is 25.0 Å². The summed E-state index contributed by atoms with van der Waals surface area (Å²) in [5.74, 6) is -0.0953. The van der Waals surface area contributed by atoms with E-state index >= 15 is 0 Å². The number of pyridine rings is 1. The number of nitrogens with zero attached hydrogens (tertiary/aromatic N) is 5. The van der Waals surface area contributed by atoms with Crippen LogP contribution in [0.1, 0.15) is 40.5 Å². The molecule has 11 heteroatoms. The van der Waals surface area contributed by atoms with Gasteiger partial charge in [-0.05, 0) is 43.2 Å². The molecular formula is C21H21F3N6O2. The van der Waals surface area contributed by atoms with Crippen LogP contribution >= 0.6 is 0 Å². The van der Waals surface area contributed by atoms with Crippen LogP contribution < -0.4 is 5.32 Å². The SMILES string of the molecule is O=C(c1cccnc1Nc1cccc(C(F)(F)F)c1)N1CCCC(n2cc(CO)nn2)C1. The highest BCUT2D eigenvalue weighted by atomic mass is 19.4. The summed E-state index contributed by atoms with van der Waals surface area (Å²) in [6, 6.07) is 7.85. The normalized spacial score (nSPS) is 16.8. The summed E-state index contributed by atoms with van der Waals surface area (Å²) in [6.45, 7) is 0.718. The van der Waals surface area contributed by atoms with Crippen LogP contribution in [0.3, 0.4) is 0 Å². The van der Waals surface area contributed by atoms with Gasteiger partial charge in [-0.3, -0.25) is 4.79 Å². The second-order valence-electron chi connectivity index (χ2n) is 7.50. The maximum absolute atomic E-state index is 13.3. The smallest absolute Gasteiger partial charge is 0.390 e. The van der Waals surface area contributed by atoms with E-state index in [1.54, 1.807) is 27.9 Å². The quantitative estimate of drug-likeness (QED) is 0.624. The van der Waals surface area contributed by atoms with E-state index in [2.05, 4.69) is 20.6 Å². The van der Waals surface area contributed by atoms with Crippen molar-refractivity contribution in [3.05, 3.63) is 65.6 Å². The summed E-state index contributed by atoms with van der Waals surface area (Å²) in [7, 11) is 0. The van der Waals surface area contributed by atoms with Crippen molar-refractivity contribution >= 4 is 17.4 Å². The Bertz CT molecular complexity index is 1100. The maximum Gasteiger partial charge on any atom is 0.416 e. The number of hydrogen-bond donors (Lipinski definition) is 2. The predicted octanol–water partition coefficient (Wildman–Crippen LogP) is 3.41. The molecule has 1 amide bonds. The van der Waals surface area contributed by atoms with Crippen LogP contribution in [-0.4, -0.2) is 49.0 Å². The number of amides is 1. The number of likely N-dealkylation sites (tertiary alicyclic amines) is 1. The Balaban J connectivity index is 1.53. The molecule has 1 aliphatic heterocycles. The Morgan fingerprint density at radius 1 is 1.25 bits per heavy atom. The van der Waals surface area contributed by atoms with Crippen molar-refractivity contribution in [1.82, 2.24) is 24.9 Å². The van der Waals surface area contributed by atoms with Crippen molar-refractivity contribution in [3.63, 3.8) is 0 Å². The highest BCUT2D eigenvalue weighted by molar-refractivity contribution is 5.99. The Kier molecular flexibility index (Phi) is 6.08.